The van der Waals surface area contributed by atoms with Crippen molar-refractivity contribution in [2.24, 2.45) is 0 Å². The molecule has 1 aliphatic rings. The minimum atomic E-state index is -1.14. The van der Waals surface area contributed by atoms with Crippen LogP contribution in [0.2, 0.25) is 10.0 Å². The predicted octanol–water partition coefficient (Wildman–Crippen LogP) is 5.13. The Bertz CT molecular complexity index is 677. The summed E-state index contributed by atoms with van der Waals surface area (Å²) >= 11 is 12.3. The summed E-state index contributed by atoms with van der Waals surface area (Å²) in [7, 11) is 0. The van der Waals surface area contributed by atoms with E-state index in [9.17, 15) is 5.11 Å². The van der Waals surface area contributed by atoms with Crippen LogP contribution in [0.4, 0.5) is 0 Å². The predicted molar refractivity (Wildman–Crippen MR) is 88.2 cm³/mol. The van der Waals surface area contributed by atoms with Gasteiger partial charge < -0.3 is 5.11 Å². The third kappa shape index (κ3) is 2.83. The van der Waals surface area contributed by atoms with Gasteiger partial charge in [-0.2, -0.15) is 0 Å². The monoisotopic (exact) mass is 320 g/mol. The number of rotatable bonds is 2. The van der Waals surface area contributed by atoms with Crippen molar-refractivity contribution in [3.8, 4) is 0 Å². The summed E-state index contributed by atoms with van der Waals surface area (Å²) in [6.07, 6.45) is 4.69. The molecule has 1 unspecified atom stereocenters. The molecule has 2 aromatic carbocycles. The van der Waals surface area contributed by atoms with E-state index in [1.165, 1.54) is 24.0 Å². The number of hydrogen-bond acceptors (Lipinski definition) is 1. The number of halogens is 2. The van der Waals surface area contributed by atoms with E-state index >= 15 is 0 Å². The maximum atomic E-state index is 11.0. The third-order valence-corrected chi connectivity index (χ3v) is 4.93. The summed E-state index contributed by atoms with van der Waals surface area (Å²) in [5.41, 5.74) is 3.11. The third-order valence-electron chi connectivity index (χ3n) is 4.36. The molecule has 1 N–H and O–H groups in total. The Morgan fingerprint density at radius 2 is 1.67 bits per heavy atom. The van der Waals surface area contributed by atoms with Crippen molar-refractivity contribution in [2.45, 2.75) is 38.2 Å². The molecule has 0 saturated heterocycles. The fourth-order valence-electron chi connectivity index (χ4n) is 3.06. The lowest BCUT2D eigenvalue weighted by molar-refractivity contribution is 0.102. The minimum absolute atomic E-state index is 0.530. The molecule has 0 aliphatic heterocycles. The van der Waals surface area contributed by atoms with Gasteiger partial charge in [-0.05, 0) is 67.5 Å². The average Bonchev–Trinajstić information content (AvgIpc) is 2.49. The summed E-state index contributed by atoms with van der Waals surface area (Å²) in [6.45, 7) is 1.77. The number of hydrogen-bond donors (Lipinski definition) is 1. The second-order valence-corrected chi connectivity index (χ2v) is 6.73. The molecule has 3 heteroatoms. The molecular weight excluding hydrogens is 303 g/mol. The van der Waals surface area contributed by atoms with Crippen molar-refractivity contribution >= 4 is 23.2 Å². The standard InChI is InChI=1S/C18H18Cl2O/c1-18(21,16-11-15(19)8-9-17(16)20)14-7-6-12-4-2-3-5-13(12)10-14/h6-11,21H,2-5H2,1H3. The lowest BCUT2D eigenvalue weighted by atomic mass is 9.83. The Balaban J connectivity index is 2.07. The van der Waals surface area contributed by atoms with E-state index in [1.807, 2.05) is 6.07 Å². The molecule has 0 spiro atoms. The number of aryl methyl sites for hydroxylation is 2. The maximum absolute atomic E-state index is 11.0. The van der Waals surface area contributed by atoms with Crippen LogP contribution in [0, 0.1) is 0 Å². The molecule has 1 nitrogen and oxygen atoms in total. The highest BCUT2D eigenvalue weighted by molar-refractivity contribution is 6.33. The van der Waals surface area contributed by atoms with E-state index in [1.54, 1.807) is 25.1 Å². The van der Waals surface area contributed by atoms with Crippen molar-refractivity contribution in [3.63, 3.8) is 0 Å². The summed E-state index contributed by atoms with van der Waals surface area (Å²) in [4.78, 5) is 0. The van der Waals surface area contributed by atoms with Crippen LogP contribution in [0.5, 0.6) is 0 Å². The van der Waals surface area contributed by atoms with Gasteiger partial charge in [-0.25, -0.2) is 0 Å². The Morgan fingerprint density at radius 3 is 2.43 bits per heavy atom. The molecule has 0 aromatic heterocycles. The zero-order valence-corrected chi connectivity index (χ0v) is 13.5. The zero-order valence-electron chi connectivity index (χ0n) is 12.0. The first-order valence-corrected chi connectivity index (χ1v) is 8.04. The highest BCUT2D eigenvalue weighted by Gasteiger charge is 2.29. The molecule has 1 aliphatic carbocycles. The molecule has 0 saturated carbocycles. The van der Waals surface area contributed by atoms with Crippen LogP contribution in [0.3, 0.4) is 0 Å². The van der Waals surface area contributed by atoms with Crippen molar-refractivity contribution in [2.75, 3.05) is 0 Å². The smallest absolute Gasteiger partial charge is 0.113 e. The molecule has 0 heterocycles. The van der Waals surface area contributed by atoms with Gasteiger partial charge in [0.05, 0.1) is 0 Å². The molecule has 0 radical (unpaired) electrons. The number of aliphatic hydroxyl groups is 1. The van der Waals surface area contributed by atoms with Crippen molar-refractivity contribution in [3.05, 3.63) is 68.7 Å². The number of benzene rings is 2. The van der Waals surface area contributed by atoms with Crippen LogP contribution >= 0.6 is 23.2 Å². The van der Waals surface area contributed by atoms with Crippen LogP contribution in [0.1, 0.15) is 42.0 Å². The van der Waals surface area contributed by atoms with Gasteiger partial charge >= 0.3 is 0 Å². The van der Waals surface area contributed by atoms with Gasteiger partial charge in [-0.15, -0.1) is 0 Å². The topological polar surface area (TPSA) is 20.2 Å². The molecule has 3 rings (SSSR count). The molecular formula is C18H18Cl2O. The van der Waals surface area contributed by atoms with E-state index in [0.717, 1.165) is 18.4 Å². The van der Waals surface area contributed by atoms with Gasteiger partial charge in [-0.1, -0.05) is 41.4 Å². The van der Waals surface area contributed by atoms with Crippen LogP contribution in [0.25, 0.3) is 0 Å². The second kappa shape index (κ2) is 5.64. The van der Waals surface area contributed by atoms with Crippen LogP contribution in [-0.4, -0.2) is 5.11 Å². The average molecular weight is 321 g/mol. The fraction of sp³-hybridized carbons (Fsp3) is 0.333. The molecule has 0 fully saturated rings. The Hall–Kier alpha value is -1.02. The van der Waals surface area contributed by atoms with Crippen LogP contribution in [-0.2, 0) is 18.4 Å². The van der Waals surface area contributed by atoms with E-state index in [2.05, 4.69) is 12.1 Å². The Morgan fingerprint density at radius 1 is 0.952 bits per heavy atom. The maximum Gasteiger partial charge on any atom is 0.113 e. The Kier molecular flexibility index (Phi) is 4.00. The van der Waals surface area contributed by atoms with Crippen molar-refractivity contribution in [1.29, 1.82) is 0 Å². The summed E-state index contributed by atoms with van der Waals surface area (Å²) in [5, 5.41) is 12.1. The van der Waals surface area contributed by atoms with Crippen LogP contribution < -0.4 is 0 Å². The molecule has 0 bridgehead atoms. The zero-order chi connectivity index (χ0) is 15.0. The highest BCUT2D eigenvalue weighted by Crippen LogP contribution is 2.37. The quantitative estimate of drug-likeness (QED) is 0.813. The summed E-state index contributed by atoms with van der Waals surface area (Å²) < 4.78 is 0. The van der Waals surface area contributed by atoms with E-state index in [4.69, 9.17) is 23.2 Å². The number of fused-ring (bicyclic) bond motifs is 1. The minimum Gasteiger partial charge on any atom is -0.381 e. The van der Waals surface area contributed by atoms with Crippen molar-refractivity contribution in [1.82, 2.24) is 0 Å². The summed E-state index contributed by atoms with van der Waals surface area (Å²) in [6, 6.07) is 11.5. The first-order chi connectivity index (χ1) is 9.98. The lowest BCUT2D eigenvalue weighted by Crippen LogP contribution is -2.24. The van der Waals surface area contributed by atoms with Gasteiger partial charge in [-0.3, -0.25) is 0 Å². The van der Waals surface area contributed by atoms with Crippen LogP contribution in [0.15, 0.2) is 36.4 Å². The van der Waals surface area contributed by atoms with E-state index in [-0.39, 0.29) is 0 Å². The normalized spacial score (nSPS) is 17.1. The van der Waals surface area contributed by atoms with E-state index < -0.39 is 5.60 Å². The second-order valence-electron chi connectivity index (χ2n) is 5.89. The molecule has 0 amide bonds. The van der Waals surface area contributed by atoms with Gasteiger partial charge in [0.2, 0.25) is 0 Å². The van der Waals surface area contributed by atoms with Gasteiger partial charge in [0, 0.05) is 15.6 Å². The molecule has 2 aromatic rings. The van der Waals surface area contributed by atoms with Crippen molar-refractivity contribution < 1.29 is 5.11 Å². The first-order valence-electron chi connectivity index (χ1n) is 7.28. The lowest BCUT2D eigenvalue weighted by Gasteiger charge is -2.28. The van der Waals surface area contributed by atoms with Gasteiger partial charge in [0.15, 0.2) is 0 Å². The summed E-state index contributed by atoms with van der Waals surface area (Å²) in [5.74, 6) is 0. The molecule has 21 heavy (non-hydrogen) atoms. The molecule has 110 valence electrons. The highest BCUT2D eigenvalue weighted by atomic mass is 35.5. The SMILES string of the molecule is CC(O)(c1ccc2c(c1)CCCC2)c1cc(Cl)ccc1Cl. The van der Waals surface area contributed by atoms with E-state index in [0.29, 0.717) is 15.6 Å². The first kappa shape index (κ1) is 14.9. The molecule has 1 atom stereocenters. The Labute approximate surface area is 135 Å². The largest absolute Gasteiger partial charge is 0.381 e. The fourth-order valence-corrected chi connectivity index (χ4v) is 3.54. The van der Waals surface area contributed by atoms with Gasteiger partial charge in [0.1, 0.15) is 5.60 Å². The van der Waals surface area contributed by atoms with Gasteiger partial charge in [0.25, 0.3) is 0 Å².